The zero-order chi connectivity index (χ0) is 16.4. The summed E-state index contributed by atoms with van der Waals surface area (Å²) in [6.45, 7) is 4.16. The minimum Gasteiger partial charge on any atom is -0.356 e. The molecule has 2 N–H and O–H groups in total. The fourth-order valence-corrected chi connectivity index (χ4v) is 4.03. The lowest BCUT2D eigenvalue weighted by Crippen LogP contribution is -2.34. The van der Waals surface area contributed by atoms with Crippen LogP contribution in [-0.2, 0) is 0 Å². The van der Waals surface area contributed by atoms with Gasteiger partial charge in [0.2, 0.25) is 0 Å². The van der Waals surface area contributed by atoms with E-state index in [4.69, 9.17) is 12.2 Å². The molecule has 0 amide bonds. The number of thioether (sulfide) groups is 1. The van der Waals surface area contributed by atoms with Crippen LogP contribution in [0.2, 0.25) is 0 Å². The summed E-state index contributed by atoms with van der Waals surface area (Å²) >= 11 is 7.20. The lowest BCUT2D eigenvalue weighted by Gasteiger charge is -2.27. The van der Waals surface area contributed by atoms with Crippen LogP contribution in [0.25, 0.3) is 0 Å². The average molecular weight is 346 g/mol. The molecule has 0 fully saturated rings. The van der Waals surface area contributed by atoms with Crippen LogP contribution in [-0.4, -0.2) is 10.9 Å². The summed E-state index contributed by atoms with van der Waals surface area (Å²) in [5.74, 6) is 0.800. The van der Waals surface area contributed by atoms with Gasteiger partial charge in [-0.15, -0.1) is 11.8 Å². The fourth-order valence-electron chi connectivity index (χ4n) is 2.66. The summed E-state index contributed by atoms with van der Waals surface area (Å²) < 4.78 is 13.5. The van der Waals surface area contributed by atoms with Crippen molar-refractivity contribution < 1.29 is 4.39 Å². The zero-order valence-corrected chi connectivity index (χ0v) is 14.8. The van der Waals surface area contributed by atoms with E-state index in [9.17, 15) is 4.39 Å². The molecule has 1 heterocycles. The molecular weight excluding hydrogens is 327 g/mol. The number of nitrogens with one attached hydrogen (secondary N) is 2. The molecule has 0 aromatic heterocycles. The number of hydrogen-bond acceptors (Lipinski definition) is 2. The van der Waals surface area contributed by atoms with Gasteiger partial charge in [0.15, 0.2) is 5.11 Å². The molecule has 2 nitrogen and oxygen atoms in total. The van der Waals surface area contributed by atoms with E-state index in [1.54, 1.807) is 17.8 Å². The second-order valence-corrected chi connectivity index (χ2v) is 7.31. The van der Waals surface area contributed by atoms with Crippen molar-refractivity contribution in [3.05, 3.63) is 58.9 Å². The number of halogens is 1. The number of anilines is 1. The van der Waals surface area contributed by atoms with Crippen LogP contribution in [0, 0.1) is 19.7 Å². The molecule has 0 saturated heterocycles. The van der Waals surface area contributed by atoms with Crippen LogP contribution in [0.1, 0.15) is 29.2 Å². The van der Waals surface area contributed by atoms with Crippen molar-refractivity contribution in [2.75, 3.05) is 11.1 Å². The average Bonchev–Trinajstić information content (AvgIpc) is 2.51. The molecule has 1 atom stereocenters. The largest absolute Gasteiger partial charge is 0.356 e. The molecule has 23 heavy (non-hydrogen) atoms. The molecule has 0 saturated carbocycles. The zero-order valence-electron chi connectivity index (χ0n) is 13.2. The molecule has 0 bridgehead atoms. The van der Waals surface area contributed by atoms with Gasteiger partial charge >= 0.3 is 0 Å². The molecule has 5 heteroatoms. The van der Waals surface area contributed by atoms with E-state index in [1.165, 1.54) is 17.2 Å². The van der Waals surface area contributed by atoms with Gasteiger partial charge in [0, 0.05) is 16.3 Å². The van der Waals surface area contributed by atoms with Crippen LogP contribution in [0.4, 0.5) is 10.1 Å². The van der Waals surface area contributed by atoms with Gasteiger partial charge in [0.25, 0.3) is 0 Å². The maximum Gasteiger partial charge on any atom is 0.171 e. The van der Waals surface area contributed by atoms with E-state index in [-0.39, 0.29) is 11.9 Å². The van der Waals surface area contributed by atoms with Crippen molar-refractivity contribution in [1.29, 1.82) is 0 Å². The van der Waals surface area contributed by atoms with Gasteiger partial charge in [0.1, 0.15) is 5.82 Å². The Morgan fingerprint density at radius 3 is 2.78 bits per heavy atom. The van der Waals surface area contributed by atoms with Crippen LogP contribution < -0.4 is 10.6 Å². The first-order valence-electron chi connectivity index (χ1n) is 7.60. The third kappa shape index (κ3) is 3.85. The fraction of sp³-hybridized carbons (Fsp3) is 0.278. The number of rotatable bonds is 2. The highest BCUT2D eigenvalue weighted by Gasteiger charge is 2.22. The predicted molar refractivity (Wildman–Crippen MR) is 99.8 cm³/mol. The number of aryl methyl sites for hydroxylation is 2. The smallest absolute Gasteiger partial charge is 0.171 e. The summed E-state index contributed by atoms with van der Waals surface area (Å²) in [6, 6.07) is 11.2. The van der Waals surface area contributed by atoms with Crippen molar-refractivity contribution >= 4 is 34.8 Å². The van der Waals surface area contributed by atoms with Crippen molar-refractivity contribution in [2.24, 2.45) is 0 Å². The highest BCUT2D eigenvalue weighted by molar-refractivity contribution is 7.99. The monoisotopic (exact) mass is 346 g/mol. The second kappa shape index (κ2) is 6.89. The summed E-state index contributed by atoms with van der Waals surface area (Å²) in [7, 11) is 0. The molecule has 0 radical (unpaired) electrons. The number of fused-ring (bicyclic) bond motifs is 1. The van der Waals surface area contributed by atoms with Gasteiger partial charge in [-0.3, -0.25) is 0 Å². The Kier molecular flexibility index (Phi) is 4.87. The van der Waals surface area contributed by atoms with Gasteiger partial charge in [0.05, 0.1) is 6.04 Å². The Labute approximate surface area is 145 Å². The van der Waals surface area contributed by atoms with E-state index < -0.39 is 0 Å². The second-order valence-electron chi connectivity index (χ2n) is 5.77. The van der Waals surface area contributed by atoms with E-state index in [0.29, 0.717) is 5.11 Å². The Bertz CT molecular complexity index is 746. The summed E-state index contributed by atoms with van der Waals surface area (Å²) in [4.78, 5) is 1.13. The summed E-state index contributed by atoms with van der Waals surface area (Å²) in [6.07, 6.45) is 0.926. The molecule has 0 spiro atoms. The molecule has 0 unspecified atom stereocenters. The molecule has 120 valence electrons. The quantitative estimate of drug-likeness (QED) is 0.750. The first-order valence-corrected chi connectivity index (χ1v) is 8.99. The summed E-state index contributed by atoms with van der Waals surface area (Å²) in [5.41, 5.74) is 4.43. The number of thiocarbonyl (C=S) groups is 1. The van der Waals surface area contributed by atoms with Crippen molar-refractivity contribution in [3.63, 3.8) is 0 Å². The Hall–Kier alpha value is -1.59. The minimum absolute atomic E-state index is 0.0495. The van der Waals surface area contributed by atoms with Gasteiger partial charge in [-0.2, -0.15) is 0 Å². The van der Waals surface area contributed by atoms with Crippen LogP contribution in [0.5, 0.6) is 0 Å². The Morgan fingerprint density at radius 2 is 2.00 bits per heavy atom. The van der Waals surface area contributed by atoms with E-state index in [0.717, 1.165) is 28.3 Å². The Morgan fingerprint density at radius 1 is 1.17 bits per heavy atom. The lowest BCUT2D eigenvalue weighted by atomic mass is 10.0. The standard InChI is InChI=1S/C18H19FN2S2/c1-11-3-5-14(9-12(11)2)20-18(22)21-16-7-8-23-17-6-4-13(19)10-15(16)17/h3-6,9-10,16H,7-8H2,1-2H3,(H2,20,21,22)/t16-/m1/s1. The predicted octanol–water partition coefficient (Wildman–Crippen LogP) is 4.97. The van der Waals surface area contributed by atoms with Gasteiger partial charge < -0.3 is 10.6 Å². The van der Waals surface area contributed by atoms with Crippen LogP contribution in [0.15, 0.2) is 41.3 Å². The van der Waals surface area contributed by atoms with Crippen molar-refractivity contribution in [2.45, 2.75) is 31.2 Å². The van der Waals surface area contributed by atoms with Crippen molar-refractivity contribution in [1.82, 2.24) is 5.32 Å². The third-order valence-corrected chi connectivity index (χ3v) is 5.42. The molecule has 2 aromatic carbocycles. The molecule has 2 aromatic rings. The van der Waals surface area contributed by atoms with E-state index >= 15 is 0 Å². The van der Waals surface area contributed by atoms with Gasteiger partial charge in [-0.1, -0.05) is 6.07 Å². The number of benzene rings is 2. The summed E-state index contributed by atoms with van der Waals surface area (Å²) in [5, 5.41) is 7.12. The highest BCUT2D eigenvalue weighted by Crippen LogP contribution is 2.36. The number of hydrogen-bond donors (Lipinski definition) is 2. The van der Waals surface area contributed by atoms with Gasteiger partial charge in [-0.25, -0.2) is 4.39 Å². The SMILES string of the molecule is Cc1ccc(NC(=S)N[C@@H]2CCSc3ccc(F)cc32)cc1C. The first kappa shape index (κ1) is 16.3. The van der Waals surface area contributed by atoms with Crippen LogP contribution >= 0.6 is 24.0 Å². The molecule has 1 aliphatic rings. The first-order chi connectivity index (χ1) is 11.0. The molecular formula is C18H19FN2S2. The minimum atomic E-state index is -0.203. The van der Waals surface area contributed by atoms with E-state index in [2.05, 4.69) is 36.6 Å². The van der Waals surface area contributed by atoms with Gasteiger partial charge in [-0.05, 0) is 79.5 Å². The topological polar surface area (TPSA) is 24.1 Å². The maximum atomic E-state index is 13.5. The molecule has 1 aliphatic heterocycles. The maximum absolute atomic E-state index is 13.5. The lowest BCUT2D eigenvalue weighted by molar-refractivity contribution is 0.587. The Balaban J connectivity index is 1.71. The van der Waals surface area contributed by atoms with Crippen molar-refractivity contribution in [3.8, 4) is 0 Å². The normalized spacial score (nSPS) is 16.6. The van der Waals surface area contributed by atoms with E-state index in [1.807, 2.05) is 12.1 Å². The molecule has 0 aliphatic carbocycles. The molecule has 3 rings (SSSR count). The van der Waals surface area contributed by atoms with Crippen LogP contribution in [0.3, 0.4) is 0 Å². The third-order valence-electron chi connectivity index (χ3n) is 4.08. The highest BCUT2D eigenvalue weighted by atomic mass is 32.2.